The maximum Gasteiger partial charge on any atom is 0.122 e. The molecule has 0 unspecified atom stereocenters. The molecule has 3 aromatic rings. The zero-order valence-corrected chi connectivity index (χ0v) is 18.0. The van der Waals surface area contributed by atoms with Gasteiger partial charge in [0, 0.05) is 48.9 Å². The van der Waals surface area contributed by atoms with Gasteiger partial charge in [0.2, 0.25) is 0 Å². The Labute approximate surface area is 183 Å². The van der Waals surface area contributed by atoms with Crippen LogP contribution in [0.25, 0.3) is 16.6 Å². The normalized spacial score (nSPS) is 20.0. The van der Waals surface area contributed by atoms with Crippen LogP contribution in [0, 0.1) is 0 Å². The lowest BCUT2D eigenvalue weighted by Crippen LogP contribution is -2.17. The minimum absolute atomic E-state index is 0.566. The first-order valence-electron chi connectivity index (χ1n) is 10.6. The lowest BCUT2D eigenvalue weighted by molar-refractivity contribution is 0.363. The summed E-state index contributed by atoms with van der Waals surface area (Å²) in [5.41, 5.74) is 11.4. The highest BCUT2D eigenvalue weighted by molar-refractivity contribution is 5.88. The van der Waals surface area contributed by atoms with Crippen molar-refractivity contribution in [2.45, 2.75) is 19.5 Å². The van der Waals surface area contributed by atoms with Gasteiger partial charge in [-0.05, 0) is 60.3 Å². The number of rotatable bonds is 0. The topological polar surface area (TPSA) is 58.6 Å². The molecule has 31 heavy (non-hydrogen) atoms. The lowest BCUT2D eigenvalue weighted by Gasteiger charge is -2.15. The molecule has 4 bridgehead atoms. The number of likely N-dealkylation sites (N-methyl/N-ethyl adjacent to an activating group) is 1. The fraction of sp³-hybridized carbons (Fsp3) is 0.192. The highest BCUT2D eigenvalue weighted by Gasteiger charge is 2.05. The van der Waals surface area contributed by atoms with Gasteiger partial charge in [-0.25, -0.2) is 4.99 Å². The molecule has 1 aliphatic rings. The number of fused-ring (bicyclic) bond motifs is 3. The zero-order valence-electron chi connectivity index (χ0n) is 18.0. The molecular weight excluding hydrogens is 382 g/mol. The Morgan fingerprint density at radius 2 is 2.00 bits per heavy atom. The molecular formula is C26H29N5. The molecule has 0 radical (unpaired) electrons. The fourth-order valence-electron chi connectivity index (χ4n) is 3.77. The molecule has 0 saturated heterocycles. The summed E-state index contributed by atoms with van der Waals surface area (Å²) in [5.74, 6) is 0.566. The molecule has 0 fully saturated rings. The van der Waals surface area contributed by atoms with Crippen molar-refractivity contribution < 1.29 is 0 Å². The third-order valence-electron chi connectivity index (χ3n) is 5.38. The molecule has 1 aliphatic heterocycles. The van der Waals surface area contributed by atoms with E-state index in [4.69, 9.17) is 5.73 Å². The molecule has 0 saturated carbocycles. The van der Waals surface area contributed by atoms with Crippen LogP contribution >= 0.6 is 0 Å². The standard InChI is InChI=1S/C26H29N5/c1-20-28-13-11-25(27)23-10-9-22-12-16-31(26(22)18-23)15-5-3-4-14-30(2)19-21-7-6-8-24(17-21)29-20/h3-4,6-13,16-18,29H,1,5,14-15,19,27H2,2H3/b4-3-,25-11-,28-13-. The maximum absolute atomic E-state index is 6.32. The summed E-state index contributed by atoms with van der Waals surface area (Å²) < 4.78 is 2.28. The Hall–Kier alpha value is -3.57. The van der Waals surface area contributed by atoms with E-state index in [1.807, 2.05) is 24.3 Å². The number of allylic oxidation sites excluding steroid dienone is 2. The molecule has 0 spiro atoms. The quantitative estimate of drug-likeness (QED) is 0.513. The first kappa shape index (κ1) is 20.7. The number of hydrogen-bond acceptors (Lipinski definition) is 4. The molecule has 2 aromatic carbocycles. The van der Waals surface area contributed by atoms with Crippen LogP contribution in [0.5, 0.6) is 0 Å². The first-order valence-corrected chi connectivity index (χ1v) is 10.6. The Balaban J connectivity index is 1.63. The van der Waals surface area contributed by atoms with Crippen molar-refractivity contribution in [2.24, 2.45) is 10.7 Å². The number of aromatic nitrogens is 1. The summed E-state index contributed by atoms with van der Waals surface area (Å²) >= 11 is 0. The predicted molar refractivity (Wildman–Crippen MR) is 132 cm³/mol. The number of benzene rings is 2. The van der Waals surface area contributed by atoms with Crippen molar-refractivity contribution in [3.8, 4) is 0 Å². The number of nitrogens with zero attached hydrogens (tertiary/aromatic N) is 3. The maximum atomic E-state index is 6.32. The molecule has 5 nitrogen and oxygen atoms in total. The van der Waals surface area contributed by atoms with Gasteiger partial charge in [-0.3, -0.25) is 4.90 Å². The second-order valence-corrected chi connectivity index (χ2v) is 7.91. The van der Waals surface area contributed by atoms with Crippen molar-refractivity contribution in [2.75, 3.05) is 18.9 Å². The summed E-state index contributed by atoms with van der Waals surface area (Å²) in [6.45, 7) is 6.72. The van der Waals surface area contributed by atoms with Gasteiger partial charge >= 0.3 is 0 Å². The van der Waals surface area contributed by atoms with Crippen LogP contribution in [0.3, 0.4) is 0 Å². The first-order chi connectivity index (χ1) is 15.1. The highest BCUT2D eigenvalue weighted by Crippen LogP contribution is 2.21. The summed E-state index contributed by atoms with van der Waals surface area (Å²) in [6, 6.07) is 16.8. The number of aryl methyl sites for hydroxylation is 1. The summed E-state index contributed by atoms with van der Waals surface area (Å²) in [6.07, 6.45) is 11.1. The Morgan fingerprint density at radius 3 is 2.90 bits per heavy atom. The molecule has 158 valence electrons. The average Bonchev–Trinajstić information content (AvgIpc) is 3.15. The summed E-state index contributed by atoms with van der Waals surface area (Å²) in [4.78, 5) is 6.69. The van der Waals surface area contributed by atoms with Crippen LogP contribution in [0.4, 0.5) is 5.69 Å². The van der Waals surface area contributed by atoms with Crippen LogP contribution in [-0.2, 0) is 13.1 Å². The van der Waals surface area contributed by atoms with Crippen LogP contribution in [0.1, 0.15) is 17.5 Å². The zero-order chi connectivity index (χ0) is 21.6. The number of hydrogen-bond donors (Lipinski definition) is 2. The van der Waals surface area contributed by atoms with Crippen molar-refractivity contribution in [3.63, 3.8) is 0 Å². The van der Waals surface area contributed by atoms with Crippen molar-refractivity contribution >= 4 is 28.5 Å². The van der Waals surface area contributed by atoms with E-state index in [1.54, 1.807) is 6.21 Å². The monoisotopic (exact) mass is 411 g/mol. The van der Waals surface area contributed by atoms with Crippen LogP contribution in [0.15, 0.2) is 90.3 Å². The Morgan fingerprint density at radius 1 is 1.10 bits per heavy atom. The third kappa shape index (κ3) is 5.32. The van der Waals surface area contributed by atoms with Gasteiger partial charge in [0.1, 0.15) is 5.82 Å². The SMILES string of the molecule is C=C1/N=C\C=C(/N)c2ccc3ccn(c3c2)CC/C=C\CN(C)Cc2cccc(c2)N1. The van der Waals surface area contributed by atoms with Crippen molar-refractivity contribution in [3.05, 3.63) is 96.5 Å². The molecule has 4 rings (SSSR count). The van der Waals surface area contributed by atoms with E-state index in [0.717, 1.165) is 37.3 Å². The minimum Gasteiger partial charge on any atom is -0.398 e. The van der Waals surface area contributed by atoms with E-state index < -0.39 is 0 Å². The highest BCUT2D eigenvalue weighted by atomic mass is 15.1. The molecule has 0 aliphatic carbocycles. The van der Waals surface area contributed by atoms with Crippen LogP contribution in [0.2, 0.25) is 0 Å². The van der Waals surface area contributed by atoms with Crippen LogP contribution < -0.4 is 11.1 Å². The van der Waals surface area contributed by atoms with E-state index in [-0.39, 0.29) is 0 Å². The second-order valence-electron chi connectivity index (χ2n) is 7.91. The van der Waals surface area contributed by atoms with E-state index in [1.165, 1.54) is 16.5 Å². The molecule has 0 atom stereocenters. The average molecular weight is 412 g/mol. The molecule has 3 N–H and O–H groups in total. The van der Waals surface area contributed by atoms with Gasteiger partial charge in [-0.15, -0.1) is 0 Å². The van der Waals surface area contributed by atoms with Gasteiger partial charge in [-0.1, -0.05) is 43.0 Å². The third-order valence-corrected chi connectivity index (χ3v) is 5.38. The van der Waals surface area contributed by atoms with E-state index in [2.05, 4.69) is 82.1 Å². The van der Waals surface area contributed by atoms with Gasteiger partial charge < -0.3 is 15.6 Å². The Kier molecular flexibility index (Phi) is 6.34. The smallest absolute Gasteiger partial charge is 0.122 e. The molecule has 2 heterocycles. The van der Waals surface area contributed by atoms with Crippen molar-refractivity contribution in [1.82, 2.24) is 9.47 Å². The van der Waals surface area contributed by atoms with Crippen LogP contribution in [-0.4, -0.2) is 29.3 Å². The van der Waals surface area contributed by atoms with Gasteiger partial charge in [0.05, 0.1) is 0 Å². The molecule has 5 heteroatoms. The van der Waals surface area contributed by atoms with Gasteiger partial charge in [0.25, 0.3) is 0 Å². The number of nitrogens with one attached hydrogen (secondary N) is 1. The van der Waals surface area contributed by atoms with E-state index >= 15 is 0 Å². The summed E-state index contributed by atoms with van der Waals surface area (Å²) in [5, 5.41) is 4.47. The van der Waals surface area contributed by atoms with E-state index in [0.29, 0.717) is 11.5 Å². The second kappa shape index (κ2) is 9.49. The summed E-state index contributed by atoms with van der Waals surface area (Å²) in [7, 11) is 2.14. The number of aliphatic imine (C=N–C) groups is 1. The molecule has 0 amide bonds. The largest absolute Gasteiger partial charge is 0.398 e. The predicted octanol–water partition coefficient (Wildman–Crippen LogP) is 4.99. The molecule has 1 aromatic heterocycles. The van der Waals surface area contributed by atoms with Gasteiger partial charge in [-0.2, -0.15) is 0 Å². The fourth-order valence-corrected chi connectivity index (χ4v) is 3.77. The number of anilines is 1. The number of nitrogens with two attached hydrogens (primary N) is 1. The Bertz CT molecular complexity index is 1170. The van der Waals surface area contributed by atoms with E-state index in [9.17, 15) is 0 Å². The lowest BCUT2D eigenvalue weighted by atomic mass is 10.1. The van der Waals surface area contributed by atoms with Gasteiger partial charge in [0.15, 0.2) is 0 Å². The minimum atomic E-state index is 0.566. The van der Waals surface area contributed by atoms with Crippen molar-refractivity contribution in [1.29, 1.82) is 0 Å².